The van der Waals surface area contributed by atoms with Crippen molar-refractivity contribution in [3.63, 3.8) is 0 Å². The van der Waals surface area contributed by atoms with Gasteiger partial charge < -0.3 is 9.67 Å². The van der Waals surface area contributed by atoms with Crippen molar-refractivity contribution in [2.24, 2.45) is 0 Å². The standard InChI is InChI=1S/C8H10FNO2/c1-3-10-4-5(2)6(9)7(10)8(11)12/h4H,3H2,1-2H3,(H,11,12). The summed E-state index contributed by atoms with van der Waals surface area (Å²) in [7, 11) is 0. The fraction of sp³-hybridized carbons (Fsp3) is 0.375. The first-order valence-electron chi connectivity index (χ1n) is 3.66. The summed E-state index contributed by atoms with van der Waals surface area (Å²) >= 11 is 0. The van der Waals surface area contributed by atoms with Crippen LogP contribution in [0.4, 0.5) is 4.39 Å². The zero-order valence-corrected chi connectivity index (χ0v) is 6.97. The van der Waals surface area contributed by atoms with Crippen LogP contribution in [-0.2, 0) is 6.54 Å². The lowest BCUT2D eigenvalue weighted by Crippen LogP contribution is -2.08. The van der Waals surface area contributed by atoms with Crippen LogP contribution in [0.1, 0.15) is 23.0 Å². The van der Waals surface area contributed by atoms with Crippen molar-refractivity contribution in [1.82, 2.24) is 4.57 Å². The summed E-state index contributed by atoms with van der Waals surface area (Å²) in [4.78, 5) is 10.6. The fourth-order valence-electron chi connectivity index (χ4n) is 1.13. The molecular weight excluding hydrogens is 161 g/mol. The molecule has 0 radical (unpaired) electrons. The molecule has 4 heteroatoms. The van der Waals surface area contributed by atoms with Crippen LogP contribution in [0.2, 0.25) is 0 Å². The molecule has 0 saturated heterocycles. The van der Waals surface area contributed by atoms with Gasteiger partial charge in [-0.05, 0) is 13.8 Å². The predicted molar refractivity (Wildman–Crippen MR) is 41.8 cm³/mol. The van der Waals surface area contributed by atoms with E-state index in [1.165, 1.54) is 10.8 Å². The van der Waals surface area contributed by atoms with Crippen molar-refractivity contribution < 1.29 is 14.3 Å². The van der Waals surface area contributed by atoms with Gasteiger partial charge in [-0.3, -0.25) is 0 Å². The summed E-state index contributed by atoms with van der Waals surface area (Å²) in [5, 5.41) is 8.63. The van der Waals surface area contributed by atoms with E-state index in [-0.39, 0.29) is 5.69 Å². The Labute approximate surface area is 69.4 Å². The van der Waals surface area contributed by atoms with E-state index in [0.717, 1.165) is 0 Å². The van der Waals surface area contributed by atoms with Crippen LogP contribution >= 0.6 is 0 Å². The molecule has 0 bridgehead atoms. The van der Waals surface area contributed by atoms with Crippen LogP contribution in [0.5, 0.6) is 0 Å². The van der Waals surface area contributed by atoms with E-state index in [1.54, 1.807) is 13.8 Å². The van der Waals surface area contributed by atoms with E-state index in [0.29, 0.717) is 12.1 Å². The minimum absolute atomic E-state index is 0.255. The highest BCUT2D eigenvalue weighted by Gasteiger charge is 2.18. The Hall–Kier alpha value is -1.32. The van der Waals surface area contributed by atoms with Gasteiger partial charge in [0.25, 0.3) is 0 Å². The van der Waals surface area contributed by atoms with Gasteiger partial charge in [-0.1, -0.05) is 0 Å². The topological polar surface area (TPSA) is 42.2 Å². The zero-order chi connectivity index (χ0) is 9.30. The van der Waals surface area contributed by atoms with E-state index in [4.69, 9.17) is 5.11 Å². The van der Waals surface area contributed by atoms with Gasteiger partial charge in [0, 0.05) is 18.3 Å². The summed E-state index contributed by atoms with van der Waals surface area (Å²) in [6.07, 6.45) is 1.50. The minimum atomic E-state index is -1.22. The second-order valence-electron chi connectivity index (χ2n) is 2.57. The van der Waals surface area contributed by atoms with Crippen LogP contribution in [0, 0.1) is 12.7 Å². The third-order valence-electron chi connectivity index (χ3n) is 1.73. The Kier molecular flexibility index (Phi) is 2.17. The Morgan fingerprint density at radius 1 is 1.75 bits per heavy atom. The van der Waals surface area contributed by atoms with E-state index >= 15 is 0 Å². The molecule has 0 unspecified atom stereocenters. The summed E-state index contributed by atoms with van der Waals surface area (Å²) in [5.41, 5.74) is 0.115. The van der Waals surface area contributed by atoms with Crippen molar-refractivity contribution in [1.29, 1.82) is 0 Å². The Morgan fingerprint density at radius 2 is 2.33 bits per heavy atom. The number of carboxylic acids is 1. The van der Waals surface area contributed by atoms with Gasteiger partial charge >= 0.3 is 5.97 Å². The highest BCUT2D eigenvalue weighted by molar-refractivity contribution is 5.86. The molecule has 1 rings (SSSR count). The van der Waals surface area contributed by atoms with Gasteiger partial charge in [0.2, 0.25) is 0 Å². The molecule has 0 aliphatic rings. The van der Waals surface area contributed by atoms with E-state index < -0.39 is 11.8 Å². The molecule has 0 aliphatic heterocycles. The second-order valence-corrected chi connectivity index (χ2v) is 2.57. The molecule has 0 saturated carbocycles. The van der Waals surface area contributed by atoms with E-state index in [2.05, 4.69) is 0 Å². The van der Waals surface area contributed by atoms with Crippen molar-refractivity contribution in [3.05, 3.63) is 23.3 Å². The number of carboxylic acid groups (broad SMARTS) is 1. The fourth-order valence-corrected chi connectivity index (χ4v) is 1.13. The Bertz CT molecular complexity index is 317. The Balaban J connectivity index is 3.31. The lowest BCUT2D eigenvalue weighted by Gasteiger charge is -1.99. The number of carbonyl (C=O) groups is 1. The van der Waals surface area contributed by atoms with Crippen molar-refractivity contribution in [2.75, 3.05) is 0 Å². The molecule has 1 N–H and O–H groups in total. The first kappa shape index (κ1) is 8.77. The summed E-state index contributed by atoms with van der Waals surface area (Å²) in [5.74, 6) is -1.85. The summed E-state index contributed by atoms with van der Waals surface area (Å²) in [6.45, 7) is 3.78. The van der Waals surface area contributed by atoms with Crippen LogP contribution in [0.3, 0.4) is 0 Å². The molecule has 0 atom stereocenters. The van der Waals surface area contributed by atoms with Gasteiger partial charge in [0.15, 0.2) is 11.5 Å². The third kappa shape index (κ3) is 1.20. The maximum atomic E-state index is 13.1. The SMILES string of the molecule is CCn1cc(C)c(F)c1C(=O)O. The molecular formula is C8H10FNO2. The maximum Gasteiger partial charge on any atom is 0.355 e. The van der Waals surface area contributed by atoms with Crippen LogP contribution in [0.25, 0.3) is 0 Å². The average Bonchev–Trinajstić information content (AvgIpc) is 2.28. The molecule has 1 aromatic rings. The molecule has 3 nitrogen and oxygen atoms in total. The molecule has 0 aromatic carbocycles. The molecule has 1 heterocycles. The predicted octanol–water partition coefficient (Wildman–Crippen LogP) is 1.65. The van der Waals surface area contributed by atoms with E-state index in [9.17, 15) is 9.18 Å². The van der Waals surface area contributed by atoms with E-state index in [1.807, 2.05) is 0 Å². The van der Waals surface area contributed by atoms with Gasteiger partial charge in [-0.15, -0.1) is 0 Å². The highest BCUT2D eigenvalue weighted by Crippen LogP contribution is 2.14. The zero-order valence-electron chi connectivity index (χ0n) is 6.97. The van der Waals surface area contributed by atoms with Crippen molar-refractivity contribution in [3.8, 4) is 0 Å². The summed E-state index contributed by atoms with van der Waals surface area (Å²) < 4.78 is 14.4. The van der Waals surface area contributed by atoms with Crippen LogP contribution in [0.15, 0.2) is 6.20 Å². The Morgan fingerprint density at radius 3 is 2.67 bits per heavy atom. The minimum Gasteiger partial charge on any atom is -0.476 e. The molecule has 0 aliphatic carbocycles. The molecule has 0 spiro atoms. The number of aromatic nitrogens is 1. The molecule has 0 amide bonds. The van der Waals surface area contributed by atoms with Crippen LogP contribution < -0.4 is 0 Å². The van der Waals surface area contributed by atoms with Gasteiger partial charge in [-0.25, -0.2) is 9.18 Å². The number of halogens is 1. The monoisotopic (exact) mass is 171 g/mol. The van der Waals surface area contributed by atoms with Crippen molar-refractivity contribution in [2.45, 2.75) is 20.4 Å². The number of hydrogen-bond donors (Lipinski definition) is 1. The summed E-state index contributed by atoms with van der Waals surface area (Å²) in [6, 6.07) is 0. The smallest absolute Gasteiger partial charge is 0.355 e. The molecule has 66 valence electrons. The average molecular weight is 171 g/mol. The lowest BCUT2D eigenvalue weighted by atomic mass is 10.3. The quantitative estimate of drug-likeness (QED) is 0.735. The van der Waals surface area contributed by atoms with Gasteiger partial charge in [0.1, 0.15) is 0 Å². The largest absolute Gasteiger partial charge is 0.476 e. The third-order valence-corrected chi connectivity index (χ3v) is 1.73. The number of aryl methyl sites for hydroxylation is 2. The van der Waals surface area contributed by atoms with Gasteiger partial charge in [-0.2, -0.15) is 0 Å². The molecule has 0 fully saturated rings. The number of aromatic carboxylic acids is 1. The number of rotatable bonds is 2. The maximum absolute atomic E-state index is 13.1. The molecule has 1 aromatic heterocycles. The van der Waals surface area contributed by atoms with Gasteiger partial charge in [0.05, 0.1) is 0 Å². The van der Waals surface area contributed by atoms with Crippen molar-refractivity contribution >= 4 is 5.97 Å². The normalized spacial score (nSPS) is 10.2. The first-order valence-corrected chi connectivity index (χ1v) is 3.66. The second kappa shape index (κ2) is 2.97. The molecule has 12 heavy (non-hydrogen) atoms. The van der Waals surface area contributed by atoms with Crippen LogP contribution in [-0.4, -0.2) is 15.6 Å². The number of nitrogens with zero attached hydrogens (tertiary/aromatic N) is 1. The highest BCUT2D eigenvalue weighted by atomic mass is 19.1. The first-order chi connectivity index (χ1) is 5.57. The number of hydrogen-bond acceptors (Lipinski definition) is 1. The lowest BCUT2D eigenvalue weighted by molar-refractivity contribution is 0.0680.